The fraction of sp³-hybridized carbons (Fsp3) is 0.500. The maximum absolute atomic E-state index is 12.4. The second kappa shape index (κ2) is 9.75. The van der Waals surface area contributed by atoms with E-state index in [9.17, 15) is 18.0 Å². The van der Waals surface area contributed by atoms with Gasteiger partial charge in [-0.1, -0.05) is 18.2 Å². The molecule has 0 radical (unpaired) electrons. The van der Waals surface area contributed by atoms with Crippen LogP contribution in [0.5, 0.6) is 5.75 Å². The van der Waals surface area contributed by atoms with Crippen molar-refractivity contribution in [1.29, 1.82) is 0 Å². The Bertz CT molecular complexity index is 589. The van der Waals surface area contributed by atoms with Crippen molar-refractivity contribution >= 4 is 11.9 Å². The number of alkyl halides is 3. The largest absolute Gasteiger partial charge is 0.573 e. The van der Waals surface area contributed by atoms with E-state index >= 15 is 0 Å². The van der Waals surface area contributed by atoms with Crippen molar-refractivity contribution in [1.82, 2.24) is 10.6 Å². The summed E-state index contributed by atoms with van der Waals surface area (Å²) in [6, 6.07) is 5.82. The second-order valence-corrected chi connectivity index (χ2v) is 5.30. The van der Waals surface area contributed by atoms with E-state index in [0.29, 0.717) is 11.5 Å². The lowest BCUT2D eigenvalue weighted by Gasteiger charge is -2.15. The molecule has 0 fully saturated rings. The van der Waals surface area contributed by atoms with Crippen LogP contribution in [-0.2, 0) is 16.1 Å². The first kappa shape index (κ1) is 20.6. The van der Waals surface area contributed by atoms with Crippen LogP contribution < -0.4 is 15.4 Å². The molecular formula is C16H22F3N3O3. The summed E-state index contributed by atoms with van der Waals surface area (Å²) >= 11 is 0. The highest BCUT2D eigenvalue weighted by Gasteiger charge is 2.31. The molecule has 1 aromatic rings. The number of esters is 1. The molecule has 0 aliphatic heterocycles. The molecule has 0 atom stereocenters. The van der Waals surface area contributed by atoms with Crippen LogP contribution in [0.3, 0.4) is 0 Å². The van der Waals surface area contributed by atoms with Gasteiger partial charge in [-0.15, -0.1) is 13.2 Å². The van der Waals surface area contributed by atoms with Crippen molar-refractivity contribution in [2.75, 3.05) is 13.6 Å². The lowest BCUT2D eigenvalue weighted by Crippen LogP contribution is -2.38. The Hall–Kier alpha value is -2.45. The number of halogens is 3. The highest BCUT2D eigenvalue weighted by Crippen LogP contribution is 2.25. The summed E-state index contributed by atoms with van der Waals surface area (Å²) in [7, 11) is 1.51. The van der Waals surface area contributed by atoms with Crippen molar-refractivity contribution in [3.05, 3.63) is 29.8 Å². The maximum Gasteiger partial charge on any atom is 0.573 e. The van der Waals surface area contributed by atoms with E-state index in [1.165, 1.54) is 25.2 Å². The number of nitrogens with zero attached hydrogens (tertiary/aromatic N) is 1. The Morgan fingerprint density at radius 3 is 2.52 bits per heavy atom. The van der Waals surface area contributed by atoms with Crippen LogP contribution >= 0.6 is 0 Å². The zero-order valence-electron chi connectivity index (χ0n) is 14.3. The molecule has 1 rings (SSSR count). The lowest BCUT2D eigenvalue weighted by molar-refractivity contribution is -0.274. The third-order valence-electron chi connectivity index (χ3n) is 2.86. The van der Waals surface area contributed by atoms with Gasteiger partial charge >= 0.3 is 12.3 Å². The molecule has 0 saturated heterocycles. The molecule has 9 heteroatoms. The van der Waals surface area contributed by atoms with Gasteiger partial charge in [0.15, 0.2) is 5.96 Å². The van der Waals surface area contributed by atoms with E-state index in [2.05, 4.69) is 20.4 Å². The van der Waals surface area contributed by atoms with Gasteiger partial charge < -0.3 is 20.1 Å². The third kappa shape index (κ3) is 8.83. The smallest absolute Gasteiger partial charge is 0.463 e. The van der Waals surface area contributed by atoms with Gasteiger partial charge in [-0.2, -0.15) is 0 Å². The Balaban J connectivity index is 2.51. The standard InChI is InChI=1S/C16H22F3N3O3/c1-11(2)24-14(23)8-9-21-15(20-3)22-10-12-6-4-5-7-13(12)25-16(17,18)19/h4-7,11H,8-10H2,1-3H3,(H2,20,21,22). The maximum atomic E-state index is 12.4. The SMILES string of the molecule is CN=C(NCCC(=O)OC(C)C)NCc1ccccc1OC(F)(F)F. The minimum atomic E-state index is -4.76. The lowest BCUT2D eigenvalue weighted by atomic mass is 10.2. The fourth-order valence-electron chi connectivity index (χ4n) is 1.88. The number of guanidine groups is 1. The van der Waals surface area contributed by atoms with E-state index in [-0.39, 0.29) is 37.3 Å². The highest BCUT2D eigenvalue weighted by atomic mass is 19.4. The minimum Gasteiger partial charge on any atom is -0.463 e. The molecule has 0 spiro atoms. The molecule has 1 aromatic carbocycles. The van der Waals surface area contributed by atoms with Crippen LogP contribution in [0.15, 0.2) is 29.3 Å². The van der Waals surface area contributed by atoms with Crippen molar-refractivity contribution in [2.45, 2.75) is 39.3 Å². The van der Waals surface area contributed by atoms with Gasteiger partial charge in [-0.05, 0) is 19.9 Å². The van der Waals surface area contributed by atoms with Crippen molar-refractivity contribution < 1.29 is 27.4 Å². The summed E-state index contributed by atoms with van der Waals surface area (Å²) in [4.78, 5) is 15.4. The third-order valence-corrected chi connectivity index (χ3v) is 2.86. The van der Waals surface area contributed by atoms with Crippen LogP contribution in [0, 0.1) is 0 Å². The van der Waals surface area contributed by atoms with Gasteiger partial charge in [0, 0.05) is 25.7 Å². The average molecular weight is 361 g/mol. The first-order valence-electron chi connectivity index (χ1n) is 7.69. The van der Waals surface area contributed by atoms with Crippen molar-refractivity contribution in [2.24, 2.45) is 4.99 Å². The number of aliphatic imine (C=N–C) groups is 1. The molecule has 0 saturated carbocycles. The zero-order chi connectivity index (χ0) is 18.9. The average Bonchev–Trinajstić information content (AvgIpc) is 2.49. The Labute approximate surface area is 144 Å². The van der Waals surface area contributed by atoms with Gasteiger partial charge in [-0.3, -0.25) is 9.79 Å². The molecule has 0 amide bonds. The molecule has 0 heterocycles. The molecular weight excluding hydrogens is 339 g/mol. The Morgan fingerprint density at radius 1 is 1.24 bits per heavy atom. The quantitative estimate of drug-likeness (QED) is 0.444. The van der Waals surface area contributed by atoms with E-state index in [0.717, 1.165) is 0 Å². The molecule has 0 aromatic heterocycles. The molecule has 0 bridgehead atoms. The van der Waals surface area contributed by atoms with Crippen LogP contribution in [-0.4, -0.2) is 38.0 Å². The van der Waals surface area contributed by atoms with Gasteiger partial charge in [0.25, 0.3) is 0 Å². The van der Waals surface area contributed by atoms with Gasteiger partial charge in [0.2, 0.25) is 0 Å². The molecule has 0 unspecified atom stereocenters. The number of carbonyl (C=O) groups excluding carboxylic acids is 1. The summed E-state index contributed by atoms with van der Waals surface area (Å²) in [6.45, 7) is 3.87. The molecule has 25 heavy (non-hydrogen) atoms. The highest BCUT2D eigenvalue weighted by molar-refractivity contribution is 5.80. The molecule has 140 valence electrons. The molecule has 6 nitrogen and oxygen atoms in total. The predicted molar refractivity (Wildman–Crippen MR) is 87.2 cm³/mol. The normalized spacial score (nSPS) is 12.0. The topological polar surface area (TPSA) is 72.0 Å². The number of rotatable bonds is 7. The first-order chi connectivity index (χ1) is 11.7. The number of hydrogen-bond donors (Lipinski definition) is 2. The summed E-state index contributed by atoms with van der Waals surface area (Å²) < 4.78 is 46.2. The van der Waals surface area contributed by atoms with Crippen LogP contribution in [0.1, 0.15) is 25.8 Å². The fourth-order valence-corrected chi connectivity index (χ4v) is 1.88. The number of para-hydroxylation sites is 1. The van der Waals surface area contributed by atoms with Gasteiger partial charge in [0.05, 0.1) is 12.5 Å². The van der Waals surface area contributed by atoms with Crippen molar-refractivity contribution in [3.8, 4) is 5.75 Å². The predicted octanol–water partition coefficient (Wildman–Crippen LogP) is 2.59. The summed E-state index contributed by atoms with van der Waals surface area (Å²) in [5.74, 6) is -0.278. The summed E-state index contributed by atoms with van der Waals surface area (Å²) in [5.41, 5.74) is 0.321. The Kier molecular flexibility index (Phi) is 8.03. The van der Waals surface area contributed by atoms with Crippen LogP contribution in [0.4, 0.5) is 13.2 Å². The van der Waals surface area contributed by atoms with Crippen LogP contribution in [0.25, 0.3) is 0 Å². The number of nitrogens with one attached hydrogen (secondary N) is 2. The number of benzene rings is 1. The second-order valence-electron chi connectivity index (χ2n) is 5.30. The van der Waals surface area contributed by atoms with E-state index < -0.39 is 6.36 Å². The van der Waals surface area contributed by atoms with Gasteiger partial charge in [-0.25, -0.2) is 0 Å². The zero-order valence-corrected chi connectivity index (χ0v) is 14.3. The molecule has 0 aliphatic rings. The summed E-state index contributed by atoms with van der Waals surface area (Å²) in [6.07, 6.45) is -4.80. The minimum absolute atomic E-state index is 0.0718. The van der Waals surface area contributed by atoms with Gasteiger partial charge in [0.1, 0.15) is 5.75 Å². The van der Waals surface area contributed by atoms with Crippen molar-refractivity contribution in [3.63, 3.8) is 0 Å². The van der Waals surface area contributed by atoms with Crippen LogP contribution in [0.2, 0.25) is 0 Å². The Morgan fingerprint density at radius 2 is 1.92 bits per heavy atom. The number of carbonyl (C=O) groups is 1. The monoisotopic (exact) mass is 361 g/mol. The number of ether oxygens (including phenoxy) is 2. The molecule has 2 N–H and O–H groups in total. The number of hydrogen-bond acceptors (Lipinski definition) is 4. The summed E-state index contributed by atoms with van der Waals surface area (Å²) in [5, 5.41) is 5.75. The first-order valence-corrected chi connectivity index (χ1v) is 7.69. The van der Waals surface area contributed by atoms with E-state index in [4.69, 9.17) is 4.74 Å². The molecule has 0 aliphatic carbocycles. The van der Waals surface area contributed by atoms with E-state index in [1.807, 2.05) is 0 Å². The van der Waals surface area contributed by atoms with E-state index in [1.54, 1.807) is 19.9 Å².